The molecule has 0 bridgehead atoms. The molecule has 1 aliphatic carbocycles. The van der Waals surface area contributed by atoms with E-state index in [0.29, 0.717) is 5.41 Å². The highest BCUT2D eigenvalue weighted by Gasteiger charge is 2.31. The van der Waals surface area contributed by atoms with Gasteiger partial charge in [0.05, 0.1) is 0 Å². The van der Waals surface area contributed by atoms with Crippen molar-refractivity contribution in [1.29, 1.82) is 0 Å². The molecule has 0 atom stereocenters. The van der Waals surface area contributed by atoms with Crippen LogP contribution in [-0.2, 0) is 19.4 Å². The first kappa shape index (κ1) is 22.4. The van der Waals surface area contributed by atoms with Crippen molar-refractivity contribution in [3.8, 4) is 0 Å². The SMILES string of the molecule is CCC1(CNC(=NC)NCCCc2nnc3n2CCCCC3)CCCC1.I. The standard InChI is InChI=1S/C20H36N6.HI/c1-3-20(12-6-7-13-20)16-23-19(21-2)22-14-9-11-18-25-24-17-10-5-4-8-15-26(17)18;/h3-16H2,1-2H3,(H2,21,22,23);1H. The number of hydrogen-bond acceptors (Lipinski definition) is 3. The molecule has 7 heteroatoms. The number of hydrogen-bond donors (Lipinski definition) is 2. The lowest BCUT2D eigenvalue weighted by Crippen LogP contribution is -2.43. The van der Waals surface area contributed by atoms with Gasteiger partial charge in [-0.1, -0.05) is 26.2 Å². The van der Waals surface area contributed by atoms with Crippen LogP contribution in [0.2, 0.25) is 0 Å². The molecule has 154 valence electrons. The maximum Gasteiger partial charge on any atom is 0.190 e. The molecule has 2 aliphatic rings. The summed E-state index contributed by atoms with van der Waals surface area (Å²) in [4.78, 5) is 4.39. The van der Waals surface area contributed by atoms with E-state index >= 15 is 0 Å². The molecule has 0 saturated heterocycles. The number of fused-ring (bicyclic) bond motifs is 1. The van der Waals surface area contributed by atoms with Crippen LogP contribution in [0.4, 0.5) is 0 Å². The molecule has 1 fully saturated rings. The first-order valence-corrected chi connectivity index (χ1v) is 10.6. The molecule has 0 radical (unpaired) electrons. The van der Waals surface area contributed by atoms with Crippen molar-refractivity contribution >= 4 is 29.9 Å². The number of nitrogens with one attached hydrogen (secondary N) is 2. The van der Waals surface area contributed by atoms with Crippen LogP contribution in [0.1, 0.15) is 76.4 Å². The molecule has 1 aromatic rings. The molecule has 0 aromatic carbocycles. The van der Waals surface area contributed by atoms with Crippen molar-refractivity contribution in [2.75, 3.05) is 20.1 Å². The lowest BCUT2D eigenvalue weighted by atomic mass is 9.83. The van der Waals surface area contributed by atoms with Crippen molar-refractivity contribution in [3.05, 3.63) is 11.6 Å². The normalized spacial score (nSPS) is 19.1. The van der Waals surface area contributed by atoms with Crippen LogP contribution < -0.4 is 10.6 Å². The number of aliphatic imine (C=N–C) groups is 1. The molecule has 0 spiro atoms. The lowest BCUT2D eigenvalue weighted by molar-refractivity contribution is 0.283. The van der Waals surface area contributed by atoms with Crippen LogP contribution in [0.25, 0.3) is 0 Å². The minimum absolute atomic E-state index is 0. The van der Waals surface area contributed by atoms with Gasteiger partial charge in [-0.05, 0) is 43.9 Å². The molecule has 1 saturated carbocycles. The largest absolute Gasteiger partial charge is 0.356 e. The molecule has 1 aliphatic heterocycles. The van der Waals surface area contributed by atoms with E-state index in [0.717, 1.165) is 50.7 Å². The van der Waals surface area contributed by atoms with Crippen LogP contribution >= 0.6 is 24.0 Å². The zero-order chi connectivity index (χ0) is 18.2. The van der Waals surface area contributed by atoms with Gasteiger partial charge in [-0.25, -0.2) is 0 Å². The second kappa shape index (κ2) is 11.2. The van der Waals surface area contributed by atoms with E-state index < -0.39 is 0 Å². The smallest absolute Gasteiger partial charge is 0.190 e. The van der Waals surface area contributed by atoms with Gasteiger partial charge in [-0.15, -0.1) is 34.2 Å². The van der Waals surface area contributed by atoms with Crippen molar-refractivity contribution < 1.29 is 0 Å². The summed E-state index contributed by atoms with van der Waals surface area (Å²) in [6.07, 6.45) is 13.7. The number of nitrogens with zero attached hydrogens (tertiary/aromatic N) is 4. The quantitative estimate of drug-likeness (QED) is 0.266. The van der Waals surface area contributed by atoms with Crippen molar-refractivity contribution in [2.45, 2.75) is 84.1 Å². The molecule has 6 nitrogen and oxygen atoms in total. The third-order valence-electron chi connectivity index (χ3n) is 6.32. The zero-order valence-corrected chi connectivity index (χ0v) is 19.4. The third-order valence-corrected chi connectivity index (χ3v) is 6.32. The van der Waals surface area contributed by atoms with Crippen LogP contribution in [0.15, 0.2) is 4.99 Å². The van der Waals surface area contributed by atoms with Gasteiger partial charge in [-0.3, -0.25) is 4.99 Å². The Morgan fingerprint density at radius 2 is 1.93 bits per heavy atom. The average Bonchev–Trinajstić information content (AvgIpc) is 3.22. The second-order valence-electron chi connectivity index (χ2n) is 8.01. The summed E-state index contributed by atoms with van der Waals surface area (Å²) in [5.41, 5.74) is 0.483. The molecule has 0 amide bonds. The van der Waals surface area contributed by atoms with Gasteiger partial charge in [0.25, 0.3) is 0 Å². The van der Waals surface area contributed by atoms with Gasteiger partial charge in [-0.2, -0.15) is 0 Å². The number of rotatable bonds is 7. The minimum Gasteiger partial charge on any atom is -0.356 e. The van der Waals surface area contributed by atoms with Gasteiger partial charge in [0.15, 0.2) is 5.96 Å². The summed E-state index contributed by atoms with van der Waals surface area (Å²) in [6, 6.07) is 0. The summed E-state index contributed by atoms with van der Waals surface area (Å²) in [6.45, 7) is 5.37. The Labute approximate surface area is 181 Å². The summed E-state index contributed by atoms with van der Waals surface area (Å²) < 4.78 is 2.35. The van der Waals surface area contributed by atoms with Gasteiger partial charge in [0.2, 0.25) is 0 Å². The lowest BCUT2D eigenvalue weighted by Gasteiger charge is -2.28. The Hall–Kier alpha value is -0.860. The summed E-state index contributed by atoms with van der Waals surface area (Å²) >= 11 is 0. The van der Waals surface area contributed by atoms with E-state index in [9.17, 15) is 0 Å². The Morgan fingerprint density at radius 1 is 1.11 bits per heavy atom. The minimum atomic E-state index is 0. The number of guanidine groups is 1. The maximum absolute atomic E-state index is 4.42. The summed E-state index contributed by atoms with van der Waals surface area (Å²) in [5.74, 6) is 3.27. The first-order valence-electron chi connectivity index (χ1n) is 10.6. The average molecular weight is 488 g/mol. The molecule has 1 aromatic heterocycles. The fourth-order valence-electron chi connectivity index (χ4n) is 4.46. The number of halogens is 1. The van der Waals surface area contributed by atoms with Crippen LogP contribution in [0.3, 0.4) is 0 Å². The number of aromatic nitrogens is 3. The maximum atomic E-state index is 4.42. The van der Waals surface area contributed by atoms with E-state index in [1.54, 1.807) is 0 Å². The highest BCUT2D eigenvalue weighted by Crippen LogP contribution is 2.40. The Morgan fingerprint density at radius 3 is 2.67 bits per heavy atom. The molecule has 2 N–H and O–H groups in total. The van der Waals surface area contributed by atoms with Gasteiger partial charge in [0.1, 0.15) is 11.6 Å². The predicted octanol–water partition coefficient (Wildman–Crippen LogP) is 3.69. The first-order chi connectivity index (χ1) is 12.8. The second-order valence-corrected chi connectivity index (χ2v) is 8.01. The van der Waals surface area contributed by atoms with E-state index in [1.807, 2.05) is 7.05 Å². The van der Waals surface area contributed by atoms with Crippen molar-refractivity contribution in [1.82, 2.24) is 25.4 Å². The monoisotopic (exact) mass is 488 g/mol. The van der Waals surface area contributed by atoms with Gasteiger partial charge in [0, 0.05) is 39.5 Å². The molecular formula is C20H37IN6. The Bertz CT molecular complexity index is 591. The van der Waals surface area contributed by atoms with E-state index in [1.165, 1.54) is 57.2 Å². The Balaban J connectivity index is 0.00000261. The van der Waals surface area contributed by atoms with E-state index in [2.05, 4.69) is 37.3 Å². The highest BCUT2D eigenvalue weighted by atomic mass is 127. The van der Waals surface area contributed by atoms with Gasteiger partial charge < -0.3 is 15.2 Å². The highest BCUT2D eigenvalue weighted by molar-refractivity contribution is 14.0. The van der Waals surface area contributed by atoms with Crippen LogP contribution in [0, 0.1) is 5.41 Å². The third kappa shape index (κ3) is 6.06. The van der Waals surface area contributed by atoms with Crippen molar-refractivity contribution in [3.63, 3.8) is 0 Å². The summed E-state index contributed by atoms with van der Waals surface area (Å²) in [7, 11) is 1.86. The molecular weight excluding hydrogens is 451 g/mol. The topological polar surface area (TPSA) is 67.1 Å². The van der Waals surface area contributed by atoms with Crippen molar-refractivity contribution in [2.24, 2.45) is 10.4 Å². The fraction of sp³-hybridized carbons (Fsp3) is 0.850. The summed E-state index contributed by atoms with van der Waals surface area (Å²) in [5, 5.41) is 15.8. The van der Waals surface area contributed by atoms with Crippen LogP contribution in [-0.4, -0.2) is 40.9 Å². The zero-order valence-electron chi connectivity index (χ0n) is 17.1. The van der Waals surface area contributed by atoms with E-state index in [4.69, 9.17) is 0 Å². The van der Waals surface area contributed by atoms with Crippen LogP contribution in [0.5, 0.6) is 0 Å². The fourth-order valence-corrected chi connectivity index (χ4v) is 4.46. The van der Waals surface area contributed by atoms with Gasteiger partial charge >= 0.3 is 0 Å². The Kier molecular flexibility index (Phi) is 9.32. The molecule has 0 unspecified atom stereocenters. The predicted molar refractivity (Wildman–Crippen MR) is 122 cm³/mol. The molecule has 3 rings (SSSR count). The number of aryl methyl sites for hydroxylation is 2. The molecule has 27 heavy (non-hydrogen) atoms. The molecule has 2 heterocycles. The van der Waals surface area contributed by atoms with E-state index in [-0.39, 0.29) is 24.0 Å².